The van der Waals surface area contributed by atoms with Gasteiger partial charge in [0.25, 0.3) is 0 Å². The van der Waals surface area contributed by atoms with Crippen LogP contribution in [-0.4, -0.2) is 47.5 Å². The van der Waals surface area contributed by atoms with Crippen LogP contribution in [0, 0.1) is 5.41 Å². The fourth-order valence-electron chi connectivity index (χ4n) is 3.28. The van der Waals surface area contributed by atoms with Crippen LogP contribution in [0.15, 0.2) is 36.4 Å². The molecule has 2 N–H and O–H groups in total. The highest BCUT2D eigenvalue weighted by Gasteiger charge is 2.41. The molecule has 1 aromatic carbocycles. The second kappa shape index (κ2) is 7.74. The molecule has 2 atom stereocenters. The van der Waals surface area contributed by atoms with Gasteiger partial charge in [0.1, 0.15) is 0 Å². The third kappa shape index (κ3) is 4.16. The van der Waals surface area contributed by atoms with Gasteiger partial charge in [0.15, 0.2) is 0 Å². The summed E-state index contributed by atoms with van der Waals surface area (Å²) in [6, 6.07) is 10.3. The Hall–Kier alpha value is -1.16. The molecule has 0 spiro atoms. The number of aliphatic hydroxyl groups is 2. The second-order valence-electron chi connectivity index (χ2n) is 6.12. The Kier molecular flexibility index (Phi) is 5.97. The molecular formula is C18H27NO2. The largest absolute Gasteiger partial charge is 0.396 e. The molecule has 0 amide bonds. The fraction of sp³-hybridized carbons (Fsp3) is 0.556. The highest BCUT2D eigenvalue weighted by atomic mass is 16.3. The van der Waals surface area contributed by atoms with Crippen LogP contribution in [0.5, 0.6) is 0 Å². The van der Waals surface area contributed by atoms with E-state index in [-0.39, 0.29) is 18.1 Å². The fourth-order valence-corrected chi connectivity index (χ4v) is 3.28. The van der Waals surface area contributed by atoms with E-state index in [2.05, 4.69) is 36.1 Å². The summed E-state index contributed by atoms with van der Waals surface area (Å²) < 4.78 is 0. The van der Waals surface area contributed by atoms with Crippen molar-refractivity contribution < 1.29 is 10.2 Å². The van der Waals surface area contributed by atoms with E-state index in [0.29, 0.717) is 0 Å². The van der Waals surface area contributed by atoms with E-state index in [1.54, 1.807) is 0 Å². The molecule has 21 heavy (non-hydrogen) atoms. The van der Waals surface area contributed by atoms with Gasteiger partial charge in [0, 0.05) is 25.0 Å². The quantitative estimate of drug-likeness (QED) is 0.846. The van der Waals surface area contributed by atoms with Crippen LogP contribution >= 0.6 is 0 Å². The summed E-state index contributed by atoms with van der Waals surface area (Å²) in [7, 11) is 0. The molecule has 2 rings (SSSR count). The van der Waals surface area contributed by atoms with Gasteiger partial charge in [-0.25, -0.2) is 0 Å². The normalized spacial score (nSPS) is 27.3. The molecule has 1 heterocycles. The number of benzene rings is 1. The van der Waals surface area contributed by atoms with Gasteiger partial charge in [-0.15, -0.1) is 0 Å². The van der Waals surface area contributed by atoms with Crippen LogP contribution in [0.4, 0.5) is 0 Å². The van der Waals surface area contributed by atoms with Crippen molar-refractivity contribution in [2.75, 3.05) is 26.2 Å². The number of likely N-dealkylation sites (tertiary alicyclic amines) is 1. The van der Waals surface area contributed by atoms with Crippen LogP contribution in [0.1, 0.15) is 31.7 Å². The standard InChI is InChI=1S/C18H27NO2/c1-2-11-18(15-20)14-19(13-10-17(18)21)12-6-9-16-7-4-3-5-8-16/h3-9,17,20-21H,2,10-15H2,1H3/t17-,18+/m1/s1. The Morgan fingerprint density at radius 3 is 2.76 bits per heavy atom. The van der Waals surface area contributed by atoms with Gasteiger partial charge >= 0.3 is 0 Å². The molecule has 0 aromatic heterocycles. The van der Waals surface area contributed by atoms with Gasteiger partial charge < -0.3 is 10.2 Å². The predicted octanol–water partition coefficient (Wildman–Crippen LogP) is 2.55. The Morgan fingerprint density at radius 1 is 1.33 bits per heavy atom. The van der Waals surface area contributed by atoms with E-state index in [9.17, 15) is 10.2 Å². The maximum Gasteiger partial charge on any atom is 0.0642 e. The number of rotatable bonds is 6. The van der Waals surface area contributed by atoms with E-state index in [4.69, 9.17) is 0 Å². The van der Waals surface area contributed by atoms with Crippen molar-refractivity contribution >= 4 is 6.08 Å². The molecule has 0 saturated carbocycles. The van der Waals surface area contributed by atoms with Crippen LogP contribution in [-0.2, 0) is 0 Å². The van der Waals surface area contributed by atoms with Crippen molar-refractivity contribution in [3.05, 3.63) is 42.0 Å². The number of hydrogen-bond donors (Lipinski definition) is 2. The number of piperidine rings is 1. The van der Waals surface area contributed by atoms with Crippen molar-refractivity contribution in [3.8, 4) is 0 Å². The van der Waals surface area contributed by atoms with Gasteiger partial charge in [0.2, 0.25) is 0 Å². The van der Waals surface area contributed by atoms with Gasteiger partial charge in [-0.05, 0) is 18.4 Å². The topological polar surface area (TPSA) is 43.7 Å². The third-order valence-corrected chi connectivity index (χ3v) is 4.50. The third-order valence-electron chi connectivity index (χ3n) is 4.50. The molecule has 3 heteroatoms. The Labute approximate surface area is 127 Å². The first kappa shape index (κ1) is 16.2. The van der Waals surface area contributed by atoms with Gasteiger partial charge in [0.05, 0.1) is 12.7 Å². The lowest BCUT2D eigenvalue weighted by molar-refractivity contribution is -0.0774. The van der Waals surface area contributed by atoms with E-state index < -0.39 is 0 Å². The second-order valence-corrected chi connectivity index (χ2v) is 6.12. The average Bonchev–Trinajstić information content (AvgIpc) is 2.52. The first-order chi connectivity index (χ1) is 10.2. The van der Waals surface area contributed by atoms with Crippen LogP contribution in [0.25, 0.3) is 6.08 Å². The first-order valence-electron chi connectivity index (χ1n) is 7.93. The lowest BCUT2D eigenvalue weighted by atomic mass is 9.74. The molecule has 1 fully saturated rings. The maximum atomic E-state index is 10.3. The van der Waals surface area contributed by atoms with Gasteiger partial charge in [-0.2, -0.15) is 0 Å². The molecule has 0 unspecified atom stereocenters. The molecular weight excluding hydrogens is 262 g/mol. The van der Waals surface area contributed by atoms with Crippen molar-refractivity contribution in [3.63, 3.8) is 0 Å². The van der Waals surface area contributed by atoms with Crippen molar-refractivity contribution in [2.24, 2.45) is 5.41 Å². The monoisotopic (exact) mass is 289 g/mol. The summed E-state index contributed by atoms with van der Waals surface area (Å²) in [6.45, 7) is 4.72. The minimum atomic E-state index is -0.378. The zero-order valence-electron chi connectivity index (χ0n) is 12.9. The molecule has 0 bridgehead atoms. The molecule has 1 aliphatic heterocycles. The highest BCUT2D eigenvalue weighted by Crippen LogP contribution is 2.34. The molecule has 3 nitrogen and oxygen atoms in total. The first-order valence-corrected chi connectivity index (χ1v) is 7.93. The SMILES string of the molecule is CCC[C@@]1(CO)CN(CC=Cc2ccccc2)CC[C@H]1O. The van der Waals surface area contributed by atoms with Crippen LogP contribution < -0.4 is 0 Å². The zero-order valence-corrected chi connectivity index (χ0v) is 12.9. The average molecular weight is 289 g/mol. The van der Waals surface area contributed by atoms with Crippen molar-refractivity contribution in [1.82, 2.24) is 4.90 Å². The van der Waals surface area contributed by atoms with Crippen LogP contribution in [0.2, 0.25) is 0 Å². The van der Waals surface area contributed by atoms with E-state index in [1.807, 2.05) is 18.2 Å². The van der Waals surface area contributed by atoms with Crippen molar-refractivity contribution in [1.29, 1.82) is 0 Å². The lowest BCUT2D eigenvalue weighted by Crippen LogP contribution is -2.53. The number of hydrogen-bond acceptors (Lipinski definition) is 3. The zero-order chi connectivity index (χ0) is 15.1. The smallest absolute Gasteiger partial charge is 0.0642 e. The number of aliphatic hydroxyl groups excluding tert-OH is 2. The number of nitrogens with zero attached hydrogens (tertiary/aromatic N) is 1. The summed E-state index contributed by atoms with van der Waals surface area (Å²) in [5.74, 6) is 0. The highest BCUT2D eigenvalue weighted by molar-refractivity contribution is 5.48. The minimum Gasteiger partial charge on any atom is -0.396 e. The Bertz CT molecular complexity index is 446. The molecule has 1 aromatic rings. The van der Waals surface area contributed by atoms with Crippen molar-refractivity contribution in [2.45, 2.75) is 32.3 Å². The molecule has 1 saturated heterocycles. The Morgan fingerprint density at radius 2 is 2.10 bits per heavy atom. The predicted molar refractivity (Wildman–Crippen MR) is 87.0 cm³/mol. The van der Waals surface area contributed by atoms with E-state index in [1.165, 1.54) is 5.56 Å². The van der Waals surface area contributed by atoms with Crippen LogP contribution in [0.3, 0.4) is 0 Å². The molecule has 116 valence electrons. The molecule has 1 aliphatic rings. The summed E-state index contributed by atoms with van der Waals surface area (Å²) in [5, 5.41) is 20.0. The van der Waals surface area contributed by atoms with Gasteiger partial charge in [-0.1, -0.05) is 55.8 Å². The lowest BCUT2D eigenvalue weighted by Gasteiger charge is -2.45. The summed E-state index contributed by atoms with van der Waals surface area (Å²) in [6.07, 6.45) is 6.54. The summed E-state index contributed by atoms with van der Waals surface area (Å²) in [4.78, 5) is 2.33. The minimum absolute atomic E-state index is 0.0703. The summed E-state index contributed by atoms with van der Waals surface area (Å²) in [5.41, 5.74) is 0.865. The van der Waals surface area contributed by atoms with Gasteiger partial charge in [-0.3, -0.25) is 4.90 Å². The summed E-state index contributed by atoms with van der Waals surface area (Å²) >= 11 is 0. The van der Waals surface area contributed by atoms with E-state index in [0.717, 1.165) is 38.9 Å². The maximum absolute atomic E-state index is 10.3. The molecule has 0 aliphatic carbocycles. The Balaban J connectivity index is 1.94. The molecule has 0 radical (unpaired) electrons. The van der Waals surface area contributed by atoms with E-state index >= 15 is 0 Å².